The molecule has 38 heavy (non-hydrogen) atoms. The van der Waals surface area contributed by atoms with Gasteiger partial charge in [0.05, 0.1) is 11.6 Å². The fourth-order valence-electron chi connectivity index (χ4n) is 4.27. The second-order valence-corrected chi connectivity index (χ2v) is 10.3. The Morgan fingerprint density at radius 2 is 1.68 bits per heavy atom. The minimum Gasteiger partial charge on any atom is -0.506 e. The van der Waals surface area contributed by atoms with E-state index in [1.165, 1.54) is 17.7 Å². The normalized spacial score (nSPS) is 12.4. The summed E-state index contributed by atoms with van der Waals surface area (Å²) in [5.41, 5.74) is 10.2. The highest BCUT2D eigenvalue weighted by atomic mass is 16.5. The molecule has 0 saturated carbocycles. The molecule has 1 heterocycles. The molecule has 0 saturated heterocycles. The van der Waals surface area contributed by atoms with Crippen LogP contribution in [0, 0.1) is 6.92 Å². The molecule has 3 aromatic carbocycles. The highest BCUT2D eigenvalue weighted by molar-refractivity contribution is 5.90. The molecule has 0 aliphatic rings. The first-order valence-electron chi connectivity index (χ1n) is 12.7. The van der Waals surface area contributed by atoms with Crippen molar-refractivity contribution in [2.24, 2.45) is 5.73 Å². The Hall–Kier alpha value is -3.85. The fraction of sp³-hybridized carbons (Fsp3) is 0.300. The molecule has 0 fully saturated rings. The molecule has 0 radical (unpaired) electrons. The van der Waals surface area contributed by atoms with E-state index in [9.17, 15) is 15.0 Å². The van der Waals surface area contributed by atoms with Gasteiger partial charge in [-0.25, -0.2) is 0 Å². The van der Waals surface area contributed by atoms with Crippen molar-refractivity contribution in [3.8, 4) is 11.5 Å². The van der Waals surface area contributed by atoms with Crippen LogP contribution in [0.4, 0.5) is 11.4 Å². The van der Waals surface area contributed by atoms with Crippen LogP contribution in [0.3, 0.4) is 0 Å². The van der Waals surface area contributed by atoms with Crippen LogP contribution in [0.1, 0.15) is 36.6 Å². The number of aromatic amines is 1. The predicted octanol–water partition coefficient (Wildman–Crippen LogP) is 4.27. The summed E-state index contributed by atoms with van der Waals surface area (Å²) in [5, 5.41) is 28.3. The second-order valence-electron chi connectivity index (χ2n) is 10.3. The fourth-order valence-corrected chi connectivity index (χ4v) is 4.27. The lowest BCUT2D eigenvalue weighted by molar-refractivity contribution is 0.176. The Morgan fingerprint density at radius 1 is 1.03 bits per heavy atom. The Morgan fingerprint density at radius 3 is 2.34 bits per heavy atom. The standard InChI is InChI=1S/C30H36N4O4/c1-19-16-27(37)34-29-25(35)13-12-24(28(19)29)26(36)17-32-15-14-20-4-6-21(7-5-20)33-22-8-10-23(11-9-22)38-18-30(2,3)31/h4-13,16,26,32-33,35-36H,14-15,17-18,31H2,1-3H3,(H,34,37)/t26-/m0/s1. The molecule has 0 bridgehead atoms. The number of fused-ring (bicyclic) bond motifs is 1. The van der Waals surface area contributed by atoms with Crippen molar-refractivity contribution in [3.63, 3.8) is 0 Å². The number of pyridine rings is 1. The number of hydrogen-bond donors (Lipinski definition) is 6. The average molecular weight is 517 g/mol. The van der Waals surface area contributed by atoms with Gasteiger partial charge in [0.2, 0.25) is 5.56 Å². The Balaban J connectivity index is 1.27. The molecule has 4 aromatic rings. The number of rotatable bonds is 11. The summed E-state index contributed by atoms with van der Waals surface area (Å²) in [5.74, 6) is 0.769. The van der Waals surface area contributed by atoms with Crippen LogP contribution in [-0.4, -0.2) is 40.4 Å². The first kappa shape index (κ1) is 27.2. The summed E-state index contributed by atoms with van der Waals surface area (Å²) in [6.07, 6.45) is 0.0204. The van der Waals surface area contributed by atoms with Gasteiger partial charge in [-0.2, -0.15) is 0 Å². The lowest BCUT2D eigenvalue weighted by atomic mass is 9.99. The Labute approximate surface area is 222 Å². The molecule has 1 aromatic heterocycles. The van der Waals surface area contributed by atoms with E-state index in [1.54, 1.807) is 13.0 Å². The average Bonchev–Trinajstić information content (AvgIpc) is 2.87. The lowest BCUT2D eigenvalue weighted by Crippen LogP contribution is -2.38. The van der Waals surface area contributed by atoms with Crippen molar-refractivity contribution in [2.75, 3.05) is 25.0 Å². The smallest absolute Gasteiger partial charge is 0.248 e. The number of ether oxygens (including phenoxy) is 1. The van der Waals surface area contributed by atoms with E-state index < -0.39 is 6.10 Å². The van der Waals surface area contributed by atoms with E-state index in [1.807, 2.05) is 50.2 Å². The van der Waals surface area contributed by atoms with Gasteiger partial charge in [0.15, 0.2) is 0 Å². The SMILES string of the molecule is Cc1cc(=O)[nH]c2c(O)ccc([C@@H](O)CNCCc3ccc(Nc4ccc(OCC(C)(C)N)cc4)cc3)c12. The van der Waals surface area contributed by atoms with Crippen molar-refractivity contribution in [3.05, 3.63) is 93.8 Å². The van der Waals surface area contributed by atoms with E-state index in [0.717, 1.165) is 23.5 Å². The van der Waals surface area contributed by atoms with Crippen LogP contribution in [0.25, 0.3) is 10.9 Å². The summed E-state index contributed by atoms with van der Waals surface area (Å²) >= 11 is 0. The molecule has 4 rings (SSSR count). The molecule has 200 valence electrons. The number of H-pyrrole nitrogens is 1. The summed E-state index contributed by atoms with van der Waals surface area (Å²) in [4.78, 5) is 14.5. The van der Waals surface area contributed by atoms with E-state index in [4.69, 9.17) is 10.5 Å². The number of aryl methyl sites for hydroxylation is 1. The van der Waals surface area contributed by atoms with Gasteiger partial charge in [0.1, 0.15) is 18.1 Å². The van der Waals surface area contributed by atoms with Gasteiger partial charge in [0, 0.05) is 34.9 Å². The number of aliphatic hydroxyl groups excluding tert-OH is 1. The Bertz CT molecular complexity index is 1420. The van der Waals surface area contributed by atoms with Crippen LogP contribution in [0.5, 0.6) is 11.5 Å². The quantitative estimate of drug-likeness (QED) is 0.164. The highest BCUT2D eigenvalue weighted by Crippen LogP contribution is 2.30. The van der Waals surface area contributed by atoms with Crippen LogP contribution >= 0.6 is 0 Å². The van der Waals surface area contributed by atoms with E-state index in [-0.39, 0.29) is 16.8 Å². The zero-order valence-electron chi connectivity index (χ0n) is 22.0. The van der Waals surface area contributed by atoms with Gasteiger partial charge in [0.25, 0.3) is 0 Å². The third kappa shape index (κ3) is 7.13. The molecule has 0 aliphatic carbocycles. The van der Waals surface area contributed by atoms with Gasteiger partial charge in [-0.3, -0.25) is 4.79 Å². The monoisotopic (exact) mass is 516 g/mol. The minimum absolute atomic E-state index is 0.0136. The van der Waals surface area contributed by atoms with Crippen molar-refractivity contribution >= 4 is 22.3 Å². The van der Waals surface area contributed by atoms with Gasteiger partial charge in [-0.15, -0.1) is 0 Å². The van der Waals surface area contributed by atoms with Crippen LogP contribution in [0.2, 0.25) is 0 Å². The number of aromatic nitrogens is 1. The number of benzene rings is 3. The van der Waals surface area contributed by atoms with Gasteiger partial charge < -0.3 is 36.3 Å². The number of hydrogen-bond acceptors (Lipinski definition) is 7. The number of phenols is 1. The van der Waals surface area contributed by atoms with E-state index in [0.29, 0.717) is 41.7 Å². The molecule has 0 amide bonds. The van der Waals surface area contributed by atoms with Gasteiger partial charge in [-0.1, -0.05) is 18.2 Å². The maximum Gasteiger partial charge on any atom is 0.248 e. The molecule has 0 aliphatic heterocycles. The molecular formula is C30H36N4O4. The van der Waals surface area contributed by atoms with Crippen molar-refractivity contribution < 1.29 is 14.9 Å². The number of aromatic hydroxyl groups is 1. The Kier molecular flexibility index (Phi) is 8.36. The number of phenolic OH excluding ortho intramolecular Hbond substituents is 1. The number of nitrogens with two attached hydrogens (primary N) is 1. The third-order valence-corrected chi connectivity index (χ3v) is 6.20. The third-order valence-electron chi connectivity index (χ3n) is 6.20. The number of nitrogens with one attached hydrogen (secondary N) is 3. The first-order chi connectivity index (χ1) is 18.1. The molecule has 8 nitrogen and oxygen atoms in total. The molecule has 0 unspecified atom stereocenters. The number of anilines is 2. The molecule has 8 heteroatoms. The second kappa shape index (κ2) is 11.7. The summed E-state index contributed by atoms with van der Waals surface area (Å²) in [7, 11) is 0. The van der Waals surface area contributed by atoms with Crippen LogP contribution < -0.4 is 26.7 Å². The maximum absolute atomic E-state index is 11.8. The number of aliphatic hydroxyl groups is 1. The van der Waals surface area contributed by atoms with E-state index >= 15 is 0 Å². The molecule has 7 N–H and O–H groups in total. The van der Waals surface area contributed by atoms with Gasteiger partial charge >= 0.3 is 0 Å². The van der Waals surface area contributed by atoms with Crippen molar-refractivity contribution in [1.29, 1.82) is 0 Å². The zero-order valence-corrected chi connectivity index (χ0v) is 22.0. The molecule has 0 spiro atoms. The van der Waals surface area contributed by atoms with Crippen LogP contribution in [-0.2, 0) is 6.42 Å². The first-order valence-corrected chi connectivity index (χ1v) is 12.7. The lowest BCUT2D eigenvalue weighted by Gasteiger charge is -2.19. The summed E-state index contributed by atoms with van der Waals surface area (Å²) in [6.45, 7) is 7.14. The molecule has 1 atom stereocenters. The summed E-state index contributed by atoms with van der Waals surface area (Å²) < 4.78 is 5.71. The largest absolute Gasteiger partial charge is 0.506 e. The van der Waals surface area contributed by atoms with Crippen LogP contribution in [0.15, 0.2) is 71.5 Å². The van der Waals surface area contributed by atoms with Gasteiger partial charge in [-0.05, 0) is 92.9 Å². The zero-order chi connectivity index (χ0) is 27.3. The summed E-state index contributed by atoms with van der Waals surface area (Å²) in [6, 6.07) is 20.7. The predicted molar refractivity (Wildman–Crippen MR) is 152 cm³/mol. The minimum atomic E-state index is -0.784. The highest BCUT2D eigenvalue weighted by Gasteiger charge is 2.16. The van der Waals surface area contributed by atoms with Crippen molar-refractivity contribution in [1.82, 2.24) is 10.3 Å². The van der Waals surface area contributed by atoms with E-state index in [2.05, 4.69) is 27.8 Å². The van der Waals surface area contributed by atoms with Crippen molar-refractivity contribution in [2.45, 2.75) is 38.8 Å². The maximum atomic E-state index is 11.8. The molecular weight excluding hydrogens is 480 g/mol. The topological polar surface area (TPSA) is 133 Å².